The second-order valence-electron chi connectivity index (χ2n) is 2.95. The second kappa shape index (κ2) is 5.64. The molecule has 0 fully saturated rings. The number of hydrogen-bond donors (Lipinski definition) is 1. The van der Waals surface area contributed by atoms with Gasteiger partial charge in [-0.3, -0.25) is 0 Å². The second-order valence-corrected chi connectivity index (χ2v) is 3.80. The van der Waals surface area contributed by atoms with Gasteiger partial charge in [-0.15, -0.1) is 0 Å². The summed E-state index contributed by atoms with van der Waals surface area (Å²) >= 11 is 3.18. The van der Waals surface area contributed by atoms with E-state index in [1.165, 1.54) is 0 Å². The molecule has 0 heterocycles. The number of nitriles is 1. The maximum absolute atomic E-state index is 11.7. The minimum Gasteiger partial charge on any atom is -0.462 e. The highest BCUT2D eigenvalue weighted by atomic mass is 79.9. The summed E-state index contributed by atoms with van der Waals surface area (Å²) in [4.78, 5) is 11.7. The Hall–Kier alpha value is -1.38. The van der Waals surface area contributed by atoms with Crippen molar-refractivity contribution in [1.82, 2.24) is 0 Å². The van der Waals surface area contributed by atoms with Crippen LogP contribution in [0.15, 0.2) is 16.6 Å². The molecule has 0 saturated carbocycles. The minimum absolute atomic E-state index is 0.126. The van der Waals surface area contributed by atoms with E-state index in [4.69, 9.17) is 15.1 Å². The normalized spacial score (nSPS) is 9.62. The van der Waals surface area contributed by atoms with Gasteiger partial charge in [0.15, 0.2) is 0 Å². The first-order valence-corrected chi connectivity index (χ1v) is 5.44. The number of hydrogen-bond acceptors (Lipinski definition) is 4. The van der Waals surface area contributed by atoms with Crippen LogP contribution in [-0.2, 0) is 11.3 Å². The van der Waals surface area contributed by atoms with Crippen LogP contribution >= 0.6 is 15.9 Å². The molecule has 0 radical (unpaired) electrons. The fourth-order valence-electron chi connectivity index (χ4n) is 1.30. The lowest BCUT2D eigenvalue weighted by Gasteiger charge is -2.09. The Balaban J connectivity index is 3.37. The Bertz CT molecular complexity index is 451. The number of benzene rings is 1. The summed E-state index contributed by atoms with van der Waals surface area (Å²) in [7, 11) is 0. The molecule has 1 aromatic carbocycles. The summed E-state index contributed by atoms with van der Waals surface area (Å²) in [5.41, 5.74) is 0.699. The van der Waals surface area contributed by atoms with Crippen molar-refractivity contribution in [3.05, 3.63) is 33.3 Å². The lowest BCUT2D eigenvalue weighted by molar-refractivity contribution is 0.0522. The molecule has 1 aromatic rings. The Morgan fingerprint density at radius 1 is 1.62 bits per heavy atom. The lowest BCUT2D eigenvalue weighted by atomic mass is 10.0. The molecule has 0 atom stereocenters. The third-order valence-corrected chi connectivity index (χ3v) is 2.66. The zero-order valence-electron chi connectivity index (χ0n) is 8.66. The number of aliphatic hydroxyl groups excluding tert-OH is 1. The van der Waals surface area contributed by atoms with Gasteiger partial charge in [0.05, 0.1) is 24.3 Å². The largest absolute Gasteiger partial charge is 0.462 e. The van der Waals surface area contributed by atoms with Crippen LogP contribution in [-0.4, -0.2) is 17.7 Å². The van der Waals surface area contributed by atoms with Gasteiger partial charge in [-0.25, -0.2) is 4.79 Å². The van der Waals surface area contributed by atoms with Crippen molar-refractivity contribution in [2.24, 2.45) is 0 Å². The van der Waals surface area contributed by atoms with E-state index in [9.17, 15) is 4.79 Å². The van der Waals surface area contributed by atoms with E-state index in [1.807, 2.05) is 6.07 Å². The fraction of sp³-hybridized carbons (Fsp3) is 0.273. The standard InChI is InChI=1S/C11H10BrNO3/c1-2-16-11(15)10-7(6-14)3-4-9(12)8(10)5-13/h3-4,14H,2,6H2,1H3. The predicted molar refractivity (Wildman–Crippen MR) is 60.7 cm³/mol. The molecule has 0 aliphatic rings. The van der Waals surface area contributed by atoms with Crippen LogP contribution in [0.25, 0.3) is 0 Å². The molecule has 1 rings (SSSR count). The Kier molecular flexibility index (Phi) is 4.47. The van der Waals surface area contributed by atoms with Gasteiger partial charge in [0.1, 0.15) is 6.07 Å². The summed E-state index contributed by atoms with van der Waals surface area (Å²) in [5, 5.41) is 18.1. The van der Waals surface area contributed by atoms with Gasteiger partial charge < -0.3 is 9.84 Å². The van der Waals surface area contributed by atoms with E-state index in [2.05, 4.69) is 15.9 Å². The molecule has 0 unspecified atom stereocenters. The van der Waals surface area contributed by atoms with Gasteiger partial charge >= 0.3 is 5.97 Å². The number of ether oxygens (including phenoxy) is 1. The van der Waals surface area contributed by atoms with Crippen LogP contribution in [0.3, 0.4) is 0 Å². The Morgan fingerprint density at radius 3 is 2.81 bits per heavy atom. The van der Waals surface area contributed by atoms with E-state index in [1.54, 1.807) is 19.1 Å². The van der Waals surface area contributed by atoms with Crippen molar-refractivity contribution < 1.29 is 14.6 Å². The smallest absolute Gasteiger partial charge is 0.339 e. The highest BCUT2D eigenvalue weighted by Crippen LogP contribution is 2.24. The molecular weight excluding hydrogens is 274 g/mol. The van der Waals surface area contributed by atoms with E-state index >= 15 is 0 Å². The van der Waals surface area contributed by atoms with Crippen molar-refractivity contribution in [3.8, 4) is 6.07 Å². The zero-order chi connectivity index (χ0) is 12.1. The van der Waals surface area contributed by atoms with Gasteiger partial charge in [0, 0.05) is 4.47 Å². The van der Waals surface area contributed by atoms with E-state index < -0.39 is 5.97 Å². The summed E-state index contributed by atoms with van der Waals surface area (Å²) < 4.78 is 5.36. The van der Waals surface area contributed by atoms with Crippen molar-refractivity contribution in [2.75, 3.05) is 6.61 Å². The average Bonchev–Trinajstić information content (AvgIpc) is 2.28. The Morgan fingerprint density at radius 2 is 2.31 bits per heavy atom. The SMILES string of the molecule is CCOC(=O)c1c(CO)ccc(Br)c1C#N. The molecule has 0 amide bonds. The number of rotatable bonds is 3. The van der Waals surface area contributed by atoms with Crippen LogP contribution in [0.5, 0.6) is 0 Å². The molecule has 5 heteroatoms. The highest BCUT2D eigenvalue weighted by Gasteiger charge is 2.19. The minimum atomic E-state index is -0.593. The first-order valence-electron chi connectivity index (χ1n) is 4.65. The monoisotopic (exact) mass is 283 g/mol. The predicted octanol–water partition coefficient (Wildman–Crippen LogP) is 1.99. The Labute approximate surface area is 102 Å². The van der Waals surface area contributed by atoms with Gasteiger partial charge in [-0.05, 0) is 34.5 Å². The first-order chi connectivity index (χ1) is 7.65. The maximum Gasteiger partial charge on any atom is 0.339 e. The van der Waals surface area contributed by atoms with Crippen molar-refractivity contribution in [2.45, 2.75) is 13.5 Å². The number of esters is 1. The fourth-order valence-corrected chi connectivity index (χ4v) is 1.72. The zero-order valence-corrected chi connectivity index (χ0v) is 10.2. The number of carbonyl (C=O) groups excluding carboxylic acids is 1. The molecule has 0 aliphatic carbocycles. The molecule has 0 aliphatic heterocycles. The van der Waals surface area contributed by atoms with Crippen LogP contribution in [0.4, 0.5) is 0 Å². The van der Waals surface area contributed by atoms with Gasteiger partial charge in [0.2, 0.25) is 0 Å². The quantitative estimate of drug-likeness (QED) is 0.862. The molecule has 0 aromatic heterocycles. The molecule has 84 valence electrons. The van der Waals surface area contributed by atoms with Crippen molar-refractivity contribution in [1.29, 1.82) is 5.26 Å². The van der Waals surface area contributed by atoms with Gasteiger partial charge in [0.25, 0.3) is 0 Å². The van der Waals surface area contributed by atoms with Crippen LogP contribution < -0.4 is 0 Å². The summed E-state index contributed by atoms with van der Waals surface area (Å²) in [6.07, 6.45) is 0. The molecular formula is C11H10BrNO3. The number of aliphatic hydroxyl groups is 1. The number of carbonyl (C=O) groups is 1. The topological polar surface area (TPSA) is 70.3 Å². The summed E-state index contributed by atoms with van der Waals surface area (Å²) in [5.74, 6) is -0.593. The van der Waals surface area contributed by atoms with Gasteiger partial charge in [-0.1, -0.05) is 6.07 Å². The van der Waals surface area contributed by atoms with E-state index in [0.717, 1.165) is 0 Å². The summed E-state index contributed by atoms with van der Waals surface area (Å²) in [6.45, 7) is 1.59. The van der Waals surface area contributed by atoms with Crippen molar-refractivity contribution in [3.63, 3.8) is 0 Å². The third kappa shape index (κ3) is 2.40. The van der Waals surface area contributed by atoms with E-state index in [-0.39, 0.29) is 24.3 Å². The van der Waals surface area contributed by atoms with Crippen LogP contribution in [0.1, 0.15) is 28.4 Å². The average molecular weight is 284 g/mol. The third-order valence-electron chi connectivity index (χ3n) is 2.00. The lowest BCUT2D eigenvalue weighted by Crippen LogP contribution is -2.11. The maximum atomic E-state index is 11.7. The highest BCUT2D eigenvalue weighted by molar-refractivity contribution is 9.10. The van der Waals surface area contributed by atoms with Crippen molar-refractivity contribution >= 4 is 21.9 Å². The first kappa shape index (κ1) is 12.7. The van der Waals surface area contributed by atoms with Gasteiger partial charge in [-0.2, -0.15) is 5.26 Å². The summed E-state index contributed by atoms with van der Waals surface area (Å²) in [6, 6.07) is 5.12. The molecule has 4 nitrogen and oxygen atoms in total. The number of nitrogens with zero attached hydrogens (tertiary/aromatic N) is 1. The molecule has 0 spiro atoms. The van der Waals surface area contributed by atoms with Crippen LogP contribution in [0, 0.1) is 11.3 Å². The molecule has 16 heavy (non-hydrogen) atoms. The number of halogens is 1. The van der Waals surface area contributed by atoms with Crippen LogP contribution in [0.2, 0.25) is 0 Å². The van der Waals surface area contributed by atoms with E-state index in [0.29, 0.717) is 10.0 Å². The molecule has 0 saturated heterocycles. The molecule has 1 N–H and O–H groups in total. The molecule has 0 bridgehead atoms.